The van der Waals surface area contributed by atoms with Crippen molar-refractivity contribution < 1.29 is 24.2 Å². The lowest BCUT2D eigenvalue weighted by atomic mass is 10.2. The van der Waals surface area contributed by atoms with E-state index in [-0.39, 0.29) is 19.1 Å². The molecule has 0 atom stereocenters. The number of nitrogens with one attached hydrogen (secondary N) is 2. The van der Waals surface area contributed by atoms with Crippen LogP contribution in [0.25, 0.3) is 0 Å². The average Bonchev–Trinajstić information content (AvgIpc) is 2.87. The lowest BCUT2D eigenvalue weighted by Crippen LogP contribution is -2.48. The number of aliphatic carboxylic acids is 1. The highest BCUT2D eigenvalue weighted by Crippen LogP contribution is 2.17. The van der Waals surface area contributed by atoms with E-state index in [1.165, 1.54) is 12.0 Å². The Kier molecular flexibility index (Phi) is 7.70. The zero-order chi connectivity index (χ0) is 15.7. The monoisotopic (exact) mass is 301 g/mol. The largest absolute Gasteiger partial charge is 0.480 e. The molecule has 8 nitrogen and oxygen atoms in total. The average molecular weight is 301 g/mol. The van der Waals surface area contributed by atoms with Crippen molar-refractivity contribution in [3.05, 3.63) is 0 Å². The number of rotatable bonds is 8. The first kappa shape index (κ1) is 17.4. The molecule has 21 heavy (non-hydrogen) atoms. The molecule has 0 unspecified atom stereocenters. The van der Waals surface area contributed by atoms with Crippen LogP contribution in [0.4, 0.5) is 4.79 Å². The molecule has 0 aliphatic heterocycles. The lowest BCUT2D eigenvalue weighted by Gasteiger charge is -2.19. The van der Waals surface area contributed by atoms with E-state index >= 15 is 0 Å². The molecule has 0 aromatic carbocycles. The van der Waals surface area contributed by atoms with E-state index in [0.717, 1.165) is 25.7 Å². The third kappa shape index (κ3) is 7.62. The molecule has 1 aliphatic carbocycles. The SMILES string of the molecule is COCCN(CC(=O)O)CC(=O)NC(=O)NC1CCCC1. The van der Waals surface area contributed by atoms with Gasteiger partial charge in [0.2, 0.25) is 5.91 Å². The van der Waals surface area contributed by atoms with E-state index in [0.29, 0.717) is 13.2 Å². The minimum absolute atomic E-state index is 0.126. The Balaban J connectivity index is 2.33. The molecule has 0 spiro atoms. The third-order valence-corrected chi connectivity index (χ3v) is 3.28. The summed E-state index contributed by atoms with van der Waals surface area (Å²) in [6.07, 6.45) is 4.03. The predicted molar refractivity (Wildman–Crippen MR) is 74.9 cm³/mol. The molecule has 0 heterocycles. The Labute approximate surface area is 123 Å². The van der Waals surface area contributed by atoms with E-state index in [9.17, 15) is 14.4 Å². The molecular formula is C13H23N3O5. The Morgan fingerprint density at radius 1 is 1.24 bits per heavy atom. The van der Waals surface area contributed by atoms with Crippen LogP contribution in [0.2, 0.25) is 0 Å². The molecule has 1 rings (SSSR count). The Bertz CT molecular complexity index is 369. The Hall–Kier alpha value is -1.67. The number of methoxy groups -OCH3 is 1. The maximum absolute atomic E-state index is 11.7. The highest BCUT2D eigenvalue weighted by atomic mass is 16.5. The first-order chi connectivity index (χ1) is 10.0. The Morgan fingerprint density at radius 3 is 2.48 bits per heavy atom. The van der Waals surface area contributed by atoms with Gasteiger partial charge < -0.3 is 15.2 Å². The second kappa shape index (κ2) is 9.30. The summed E-state index contributed by atoms with van der Waals surface area (Å²) in [5, 5.41) is 13.7. The van der Waals surface area contributed by atoms with Crippen molar-refractivity contribution in [1.82, 2.24) is 15.5 Å². The van der Waals surface area contributed by atoms with Gasteiger partial charge in [-0.25, -0.2) is 4.79 Å². The van der Waals surface area contributed by atoms with Gasteiger partial charge in [0.15, 0.2) is 0 Å². The minimum atomic E-state index is -1.03. The van der Waals surface area contributed by atoms with Crippen LogP contribution in [0.15, 0.2) is 0 Å². The highest BCUT2D eigenvalue weighted by molar-refractivity contribution is 5.95. The molecule has 120 valence electrons. The number of imide groups is 1. The van der Waals surface area contributed by atoms with Gasteiger partial charge in [0.25, 0.3) is 0 Å². The number of carbonyl (C=O) groups excluding carboxylic acids is 2. The van der Waals surface area contributed by atoms with Crippen molar-refractivity contribution in [2.45, 2.75) is 31.7 Å². The molecule has 8 heteroatoms. The molecular weight excluding hydrogens is 278 g/mol. The first-order valence-corrected chi connectivity index (χ1v) is 7.04. The van der Waals surface area contributed by atoms with Crippen molar-refractivity contribution in [3.63, 3.8) is 0 Å². The van der Waals surface area contributed by atoms with Crippen molar-refractivity contribution in [1.29, 1.82) is 0 Å². The second-order valence-electron chi connectivity index (χ2n) is 5.10. The van der Waals surface area contributed by atoms with E-state index in [4.69, 9.17) is 9.84 Å². The normalized spacial score (nSPS) is 15.1. The van der Waals surface area contributed by atoms with Gasteiger partial charge in [0.1, 0.15) is 0 Å². The summed E-state index contributed by atoms with van der Waals surface area (Å²) >= 11 is 0. The summed E-state index contributed by atoms with van der Waals surface area (Å²) < 4.78 is 4.86. The van der Waals surface area contributed by atoms with Gasteiger partial charge in [0.05, 0.1) is 19.7 Å². The zero-order valence-corrected chi connectivity index (χ0v) is 12.3. The highest BCUT2D eigenvalue weighted by Gasteiger charge is 2.19. The minimum Gasteiger partial charge on any atom is -0.480 e. The number of carbonyl (C=O) groups is 3. The van der Waals surface area contributed by atoms with E-state index in [1.807, 2.05) is 0 Å². The third-order valence-electron chi connectivity index (χ3n) is 3.28. The first-order valence-electron chi connectivity index (χ1n) is 7.04. The smallest absolute Gasteiger partial charge is 0.321 e. The van der Waals surface area contributed by atoms with Crippen molar-refractivity contribution in [2.75, 3.05) is 33.4 Å². The fraction of sp³-hybridized carbons (Fsp3) is 0.769. The van der Waals surface area contributed by atoms with Crippen LogP contribution in [0.3, 0.4) is 0 Å². The Morgan fingerprint density at radius 2 is 1.90 bits per heavy atom. The van der Waals surface area contributed by atoms with Crippen LogP contribution in [0, 0.1) is 0 Å². The summed E-state index contributed by atoms with van der Waals surface area (Å²) in [6, 6.07) is -0.393. The summed E-state index contributed by atoms with van der Waals surface area (Å²) in [7, 11) is 1.49. The number of carboxylic acids is 1. The molecule has 1 aliphatic rings. The predicted octanol–water partition coefficient (Wildman–Crippen LogP) is -0.212. The number of nitrogens with zero attached hydrogens (tertiary/aromatic N) is 1. The fourth-order valence-electron chi connectivity index (χ4n) is 2.29. The summed E-state index contributed by atoms with van der Waals surface area (Å²) in [5.41, 5.74) is 0. The molecule has 0 saturated heterocycles. The van der Waals surface area contributed by atoms with E-state index < -0.39 is 17.9 Å². The zero-order valence-electron chi connectivity index (χ0n) is 12.3. The molecule has 0 aromatic rings. The molecule has 0 radical (unpaired) electrons. The van der Waals surface area contributed by atoms with Gasteiger partial charge in [-0.15, -0.1) is 0 Å². The van der Waals surface area contributed by atoms with E-state index in [2.05, 4.69) is 10.6 Å². The van der Waals surface area contributed by atoms with Gasteiger partial charge in [-0.1, -0.05) is 12.8 Å². The van der Waals surface area contributed by atoms with E-state index in [1.54, 1.807) is 0 Å². The molecule has 3 amide bonds. The van der Waals surface area contributed by atoms with Crippen LogP contribution in [0.5, 0.6) is 0 Å². The maximum atomic E-state index is 11.7. The quantitative estimate of drug-likeness (QED) is 0.572. The van der Waals surface area contributed by atoms with Gasteiger partial charge >= 0.3 is 12.0 Å². The van der Waals surface area contributed by atoms with Gasteiger partial charge in [-0.2, -0.15) is 0 Å². The number of hydrogen-bond donors (Lipinski definition) is 3. The number of amides is 3. The molecule has 3 N–H and O–H groups in total. The van der Waals surface area contributed by atoms with Gasteiger partial charge in [-0.3, -0.25) is 19.8 Å². The summed E-state index contributed by atoms with van der Waals surface area (Å²) in [6.45, 7) is 0.185. The van der Waals surface area contributed by atoms with Crippen LogP contribution in [-0.4, -0.2) is 67.3 Å². The van der Waals surface area contributed by atoms with Crippen LogP contribution < -0.4 is 10.6 Å². The van der Waals surface area contributed by atoms with Crippen molar-refractivity contribution >= 4 is 17.9 Å². The standard InChI is InChI=1S/C13H23N3O5/c1-21-7-6-16(9-12(18)19)8-11(17)15-13(20)14-10-4-2-3-5-10/h10H,2-9H2,1H3,(H,18,19)(H2,14,15,17,20). The molecule has 1 fully saturated rings. The van der Waals surface area contributed by atoms with Crippen LogP contribution in [0.1, 0.15) is 25.7 Å². The number of hydrogen-bond acceptors (Lipinski definition) is 5. The number of urea groups is 1. The van der Waals surface area contributed by atoms with Gasteiger partial charge in [0, 0.05) is 19.7 Å². The van der Waals surface area contributed by atoms with Crippen LogP contribution >= 0.6 is 0 Å². The van der Waals surface area contributed by atoms with Gasteiger partial charge in [-0.05, 0) is 12.8 Å². The fourth-order valence-corrected chi connectivity index (χ4v) is 2.29. The topological polar surface area (TPSA) is 108 Å². The van der Waals surface area contributed by atoms with Crippen LogP contribution in [-0.2, 0) is 14.3 Å². The van der Waals surface area contributed by atoms with Crippen molar-refractivity contribution in [2.24, 2.45) is 0 Å². The maximum Gasteiger partial charge on any atom is 0.321 e. The number of carboxylic acid groups (broad SMARTS) is 1. The second-order valence-corrected chi connectivity index (χ2v) is 5.10. The number of ether oxygens (including phenoxy) is 1. The summed E-state index contributed by atoms with van der Waals surface area (Å²) in [5.74, 6) is -1.56. The molecule has 0 bridgehead atoms. The lowest BCUT2D eigenvalue weighted by molar-refractivity contribution is -0.138. The molecule has 1 saturated carbocycles. The summed E-state index contributed by atoms with van der Waals surface area (Å²) in [4.78, 5) is 35.5. The molecule has 0 aromatic heterocycles. The van der Waals surface area contributed by atoms with Crippen molar-refractivity contribution in [3.8, 4) is 0 Å².